The molecule has 0 heterocycles. The van der Waals surface area contributed by atoms with E-state index in [4.69, 9.17) is 5.21 Å². The van der Waals surface area contributed by atoms with Gasteiger partial charge in [-0.05, 0) is 0 Å². The molecule has 40 valence electrons. The van der Waals surface area contributed by atoms with Crippen LogP contribution in [0.2, 0.25) is 0 Å². The van der Waals surface area contributed by atoms with Gasteiger partial charge in [-0.15, -0.1) is 0 Å². The summed E-state index contributed by atoms with van der Waals surface area (Å²) in [4.78, 5) is 0. The van der Waals surface area contributed by atoms with Crippen molar-refractivity contribution in [3.63, 3.8) is 0 Å². The topological polar surface area (TPSA) is 61.6 Å². The first-order valence-electron chi connectivity index (χ1n) is 1.35. The van der Waals surface area contributed by atoms with Crippen LogP contribution in [0, 0.1) is 10.6 Å². The van der Waals surface area contributed by atoms with Gasteiger partial charge in [-0.25, -0.2) is 8.42 Å². The van der Waals surface area contributed by atoms with E-state index in [1.54, 1.807) is 0 Å². The molecule has 0 spiro atoms. The second-order valence-corrected chi connectivity index (χ2v) is 2.68. The first-order valence-corrected chi connectivity index (χ1v) is 3.24. The highest BCUT2D eigenvalue weighted by molar-refractivity contribution is 7.95. The zero-order valence-corrected chi connectivity index (χ0v) is 4.40. The van der Waals surface area contributed by atoms with Crippen molar-refractivity contribution in [3.05, 3.63) is 10.2 Å². The minimum atomic E-state index is -3.40. The standard InChI is InChI=1S/C2H3NO3S/c1-7(5,6)2-3-4/h1H3. The molecule has 5 heteroatoms. The van der Waals surface area contributed by atoms with Gasteiger partial charge in [0.1, 0.15) is 0 Å². The predicted molar refractivity (Wildman–Crippen MR) is 25.5 cm³/mol. The second-order valence-electron chi connectivity index (χ2n) is 0.955. The molecule has 0 saturated carbocycles. The molecule has 0 atom stereocenters. The van der Waals surface area contributed by atoms with E-state index in [9.17, 15) is 8.42 Å². The summed E-state index contributed by atoms with van der Waals surface area (Å²) in [7, 11) is -3.40. The van der Waals surface area contributed by atoms with Gasteiger partial charge in [-0.3, -0.25) is 0 Å². The zero-order valence-electron chi connectivity index (χ0n) is 3.58. The Labute approximate surface area is 41.1 Å². The fourth-order valence-corrected chi connectivity index (χ4v) is 0.203. The number of sulfone groups is 1. The minimum Gasteiger partial charge on any atom is -0.497 e. The van der Waals surface area contributed by atoms with Crippen molar-refractivity contribution in [2.45, 2.75) is 0 Å². The van der Waals surface area contributed by atoms with Crippen LogP contribution in [0.25, 0.3) is 5.01 Å². The maximum absolute atomic E-state index is 9.83. The maximum atomic E-state index is 9.83. The summed E-state index contributed by atoms with van der Waals surface area (Å²) in [5.41, 5.74) is 0. The molecular formula is C2H3NO3S. The summed E-state index contributed by atoms with van der Waals surface area (Å²) in [6, 6.07) is 0. The van der Waals surface area contributed by atoms with Gasteiger partial charge in [0.05, 0.1) is 6.26 Å². The fraction of sp³-hybridized carbons (Fsp3) is 0.500. The Morgan fingerprint density at radius 3 is 2.14 bits per heavy atom. The number of hydrogen-bond donors (Lipinski definition) is 0. The Morgan fingerprint density at radius 1 is 1.71 bits per heavy atom. The van der Waals surface area contributed by atoms with E-state index in [2.05, 4.69) is 0 Å². The van der Waals surface area contributed by atoms with E-state index in [0.29, 0.717) is 0 Å². The Morgan fingerprint density at radius 2 is 2.14 bits per heavy atom. The van der Waals surface area contributed by atoms with Crippen LogP contribution in [0.3, 0.4) is 0 Å². The molecule has 0 amide bonds. The molecule has 7 heavy (non-hydrogen) atoms. The summed E-state index contributed by atoms with van der Waals surface area (Å²) in [6.07, 6.45) is 0.842. The van der Waals surface area contributed by atoms with Crippen molar-refractivity contribution >= 4 is 9.84 Å². The molecule has 0 bridgehead atoms. The zero-order chi connectivity index (χ0) is 5.91. The predicted octanol–water partition coefficient (Wildman–Crippen LogP) is -0.181. The van der Waals surface area contributed by atoms with Crippen molar-refractivity contribution in [3.8, 4) is 5.40 Å². The van der Waals surface area contributed by atoms with Crippen LogP contribution < -0.4 is 0 Å². The van der Waals surface area contributed by atoms with Gasteiger partial charge in [-0.1, -0.05) is 0 Å². The lowest BCUT2D eigenvalue weighted by Crippen LogP contribution is -1.86. The van der Waals surface area contributed by atoms with Crippen molar-refractivity contribution in [2.24, 2.45) is 0 Å². The molecule has 0 radical (unpaired) electrons. The molecule has 0 aromatic rings. The smallest absolute Gasteiger partial charge is 0.432 e. The van der Waals surface area contributed by atoms with Gasteiger partial charge in [0.15, 0.2) is 0 Å². The lowest BCUT2D eigenvalue weighted by Gasteiger charge is -1.63. The third-order valence-electron chi connectivity index (χ3n) is 0.203. The minimum absolute atomic E-state index is 0.842. The Hall–Kier alpha value is -0.760. The van der Waals surface area contributed by atoms with E-state index < -0.39 is 9.84 Å². The fourth-order valence-electron chi connectivity index (χ4n) is 0.0677. The third kappa shape index (κ3) is 5.24. The molecule has 0 rings (SSSR count). The third-order valence-corrected chi connectivity index (χ3v) is 0.609. The van der Waals surface area contributed by atoms with E-state index in [-0.39, 0.29) is 0 Å². The van der Waals surface area contributed by atoms with Gasteiger partial charge in [0.2, 0.25) is 0 Å². The van der Waals surface area contributed by atoms with Crippen molar-refractivity contribution < 1.29 is 8.42 Å². The molecule has 0 aliphatic rings. The summed E-state index contributed by atoms with van der Waals surface area (Å²) >= 11 is 0. The SMILES string of the molecule is CS(=O)(=O)C#[N+][O-]. The molecule has 0 unspecified atom stereocenters. The van der Waals surface area contributed by atoms with E-state index in [1.165, 1.54) is 5.40 Å². The molecule has 0 aliphatic carbocycles. The molecule has 0 saturated heterocycles. The molecule has 0 aromatic carbocycles. The Balaban J connectivity index is 4.34. The normalized spacial score (nSPS) is 9.29. The molecule has 0 N–H and O–H groups in total. The van der Waals surface area contributed by atoms with Crippen molar-refractivity contribution in [2.75, 3.05) is 6.26 Å². The highest BCUT2D eigenvalue weighted by Crippen LogP contribution is 1.74. The molecular weight excluding hydrogens is 118 g/mol. The van der Waals surface area contributed by atoms with Gasteiger partial charge in [0.25, 0.3) is 9.84 Å². The van der Waals surface area contributed by atoms with Crippen LogP contribution in [0.4, 0.5) is 0 Å². The van der Waals surface area contributed by atoms with Crippen LogP contribution in [-0.2, 0) is 9.84 Å². The monoisotopic (exact) mass is 121 g/mol. The lowest BCUT2D eigenvalue weighted by molar-refractivity contribution is 0.611. The molecule has 0 aliphatic heterocycles. The summed E-state index contributed by atoms with van der Waals surface area (Å²) in [6.45, 7) is 0. The van der Waals surface area contributed by atoms with Crippen molar-refractivity contribution in [1.82, 2.24) is 0 Å². The quantitative estimate of drug-likeness (QED) is 0.254. The van der Waals surface area contributed by atoms with Gasteiger partial charge in [-0.2, -0.15) is 0 Å². The van der Waals surface area contributed by atoms with E-state index in [0.717, 1.165) is 6.26 Å². The first kappa shape index (κ1) is 6.24. The first-order chi connectivity index (χ1) is 3.06. The van der Waals surface area contributed by atoms with E-state index in [1.807, 2.05) is 5.01 Å². The molecule has 0 fully saturated rings. The molecule has 4 nitrogen and oxygen atoms in total. The Bertz CT molecular complexity index is 193. The lowest BCUT2D eigenvalue weighted by atomic mass is 11.8. The summed E-state index contributed by atoms with van der Waals surface area (Å²) in [5.74, 6) is 0. The van der Waals surface area contributed by atoms with Gasteiger partial charge >= 0.3 is 5.40 Å². The number of hydrogen-bond acceptors (Lipinski definition) is 3. The van der Waals surface area contributed by atoms with Crippen LogP contribution in [0.1, 0.15) is 0 Å². The maximum Gasteiger partial charge on any atom is 0.432 e. The van der Waals surface area contributed by atoms with E-state index >= 15 is 0 Å². The highest BCUT2D eigenvalue weighted by Gasteiger charge is 2.00. The highest BCUT2D eigenvalue weighted by atomic mass is 32.2. The largest absolute Gasteiger partial charge is 0.497 e. The number of nitrogens with zero attached hydrogens (tertiary/aromatic N) is 1. The average molecular weight is 121 g/mol. The van der Waals surface area contributed by atoms with Crippen LogP contribution in [-0.4, -0.2) is 14.7 Å². The van der Waals surface area contributed by atoms with Crippen molar-refractivity contribution in [1.29, 1.82) is 0 Å². The van der Waals surface area contributed by atoms with Crippen LogP contribution in [0.5, 0.6) is 0 Å². The van der Waals surface area contributed by atoms with Gasteiger partial charge < -0.3 is 5.21 Å². The average Bonchev–Trinajstić information content (AvgIpc) is 1.30. The van der Waals surface area contributed by atoms with Gasteiger partial charge in [0, 0.05) is 5.01 Å². The second kappa shape index (κ2) is 1.80. The number of rotatable bonds is 0. The molecule has 0 aromatic heterocycles. The van der Waals surface area contributed by atoms with Crippen LogP contribution in [0.15, 0.2) is 0 Å². The summed E-state index contributed by atoms with van der Waals surface area (Å²) in [5, 5.41) is 12.3. The summed E-state index contributed by atoms with van der Waals surface area (Å²) < 4.78 is 19.7. The van der Waals surface area contributed by atoms with Crippen LogP contribution >= 0.6 is 0 Å². The Kier molecular flexibility index (Phi) is 1.60. The number of thiocyanates is 1.